The first kappa shape index (κ1) is 22.2. The van der Waals surface area contributed by atoms with Gasteiger partial charge in [0.2, 0.25) is 5.91 Å². The largest absolute Gasteiger partial charge is 0.383 e. The van der Waals surface area contributed by atoms with E-state index in [9.17, 15) is 4.79 Å². The van der Waals surface area contributed by atoms with Crippen LogP contribution in [0.4, 0.5) is 0 Å². The number of hydrogen-bond donors (Lipinski definition) is 2. The molecule has 122 valence electrons. The number of ether oxygens (including phenoxy) is 2. The molecule has 0 aromatic carbocycles. The third-order valence-electron chi connectivity index (χ3n) is 3.03. The standard InChI is InChI=1S/C12H25N3O3.2ClH/c1-11(15-4-7-18-8-5-15)9-14-12(16)10-13-3-6-17-2;;/h11,13H,3-10H2,1-2H3,(H,14,16);2*1H. The average molecular weight is 332 g/mol. The van der Waals surface area contributed by atoms with Crippen molar-refractivity contribution < 1.29 is 14.3 Å². The number of amides is 1. The lowest BCUT2D eigenvalue weighted by Crippen LogP contribution is -2.48. The van der Waals surface area contributed by atoms with E-state index < -0.39 is 0 Å². The highest BCUT2D eigenvalue weighted by molar-refractivity contribution is 5.85. The maximum absolute atomic E-state index is 11.5. The van der Waals surface area contributed by atoms with E-state index in [0.29, 0.717) is 32.3 Å². The molecule has 20 heavy (non-hydrogen) atoms. The van der Waals surface area contributed by atoms with Crippen molar-refractivity contribution in [1.29, 1.82) is 0 Å². The van der Waals surface area contributed by atoms with Crippen LogP contribution < -0.4 is 10.6 Å². The molecule has 0 saturated carbocycles. The predicted molar refractivity (Wildman–Crippen MR) is 84.1 cm³/mol. The van der Waals surface area contributed by atoms with Crippen molar-refractivity contribution in [2.75, 3.05) is 59.7 Å². The van der Waals surface area contributed by atoms with Crippen molar-refractivity contribution >= 4 is 30.7 Å². The highest BCUT2D eigenvalue weighted by atomic mass is 35.5. The van der Waals surface area contributed by atoms with E-state index in [-0.39, 0.29) is 30.7 Å². The fourth-order valence-corrected chi connectivity index (χ4v) is 1.85. The first-order valence-electron chi connectivity index (χ1n) is 6.52. The molecule has 0 radical (unpaired) electrons. The second-order valence-electron chi connectivity index (χ2n) is 4.47. The number of nitrogens with zero attached hydrogens (tertiary/aromatic N) is 1. The SMILES string of the molecule is COCCNCC(=O)NCC(C)N1CCOCC1.Cl.Cl. The van der Waals surface area contributed by atoms with Crippen LogP contribution in [0, 0.1) is 0 Å². The summed E-state index contributed by atoms with van der Waals surface area (Å²) < 4.78 is 10.2. The Balaban J connectivity index is 0. The minimum absolute atomic E-state index is 0. The molecule has 1 saturated heterocycles. The van der Waals surface area contributed by atoms with Gasteiger partial charge in [0, 0.05) is 39.3 Å². The van der Waals surface area contributed by atoms with Gasteiger partial charge in [0.05, 0.1) is 26.4 Å². The molecule has 0 aromatic rings. The summed E-state index contributed by atoms with van der Waals surface area (Å²) >= 11 is 0. The Hall–Kier alpha value is -0.110. The minimum Gasteiger partial charge on any atom is -0.383 e. The van der Waals surface area contributed by atoms with Crippen molar-refractivity contribution in [3.05, 3.63) is 0 Å². The quantitative estimate of drug-likeness (QED) is 0.608. The number of carbonyl (C=O) groups excluding carboxylic acids is 1. The van der Waals surface area contributed by atoms with Gasteiger partial charge in [-0.1, -0.05) is 0 Å². The molecule has 0 aromatic heterocycles. The van der Waals surface area contributed by atoms with Gasteiger partial charge in [-0.15, -0.1) is 24.8 Å². The van der Waals surface area contributed by atoms with Gasteiger partial charge in [0.25, 0.3) is 0 Å². The lowest BCUT2D eigenvalue weighted by Gasteiger charge is -2.32. The summed E-state index contributed by atoms with van der Waals surface area (Å²) in [5, 5.41) is 5.95. The summed E-state index contributed by atoms with van der Waals surface area (Å²) in [4.78, 5) is 13.9. The van der Waals surface area contributed by atoms with E-state index in [1.54, 1.807) is 7.11 Å². The van der Waals surface area contributed by atoms with Crippen LogP contribution in [-0.4, -0.2) is 76.5 Å². The molecular weight excluding hydrogens is 305 g/mol. The lowest BCUT2D eigenvalue weighted by atomic mass is 10.2. The van der Waals surface area contributed by atoms with Crippen LogP contribution in [0.15, 0.2) is 0 Å². The fourth-order valence-electron chi connectivity index (χ4n) is 1.85. The number of methoxy groups -OCH3 is 1. The number of halogens is 2. The Morgan fingerprint density at radius 2 is 2.00 bits per heavy atom. The fraction of sp³-hybridized carbons (Fsp3) is 0.917. The number of rotatable bonds is 8. The van der Waals surface area contributed by atoms with E-state index >= 15 is 0 Å². The van der Waals surface area contributed by atoms with Crippen LogP contribution >= 0.6 is 24.8 Å². The monoisotopic (exact) mass is 331 g/mol. The minimum atomic E-state index is 0. The zero-order valence-corrected chi connectivity index (χ0v) is 13.9. The average Bonchev–Trinajstić information content (AvgIpc) is 2.42. The molecular formula is C12H27Cl2N3O3. The second kappa shape index (κ2) is 13.9. The van der Waals surface area contributed by atoms with Crippen LogP contribution in [0.5, 0.6) is 0 Å². The molecule has 1 aliphatic heterocycles. The summed E-state index contributed by atoms with van der Waals surface area (Å²) in [6.45, 7) is 7.95. The highest BCUT2D eigenvalue weighted by Gasteiger charge is 2.17. The van der Waals surface area contributed by atoms with Crippen LogP contribution in [0.25, 0.3) is 0 Å². The van der Waals surface area contributed by atoms with Crippen molar-refractivity contribution in [2.45, 2.75) is 13.0 Å². The lowest BCUT2D eigenvalue weighted by molar-refractivity contribution is -0.120. The van der Waals surface area contributed by atoms with Gasteiger partial charge in [0.1, 0.15) is 0 Å². The Labute approximate surface area is 133 Å². The number of morpholine rings is 1. The smallest absolute Gasteiger partial charge is 0.234 e. The van der Waals surface area contributed by atoms with E-state index in [1.807, 2.05) is 0 Å². The number of hydrogen-bond acceptors (Lipinski definition) is 5. The van der Waals surface area contributed by atoms with Gasteiger partial charge in [-0.3, -0.25) is 9.69 Å². The molecule has 0 spiro atoms. The second-order valence-corrected chi connectivity index (χ2v) is 4.47. The zero-order valence-electron chi connectivity index (χ0n) is 12.2. The van der Waals surface area contributed by atoms with Gasteiger partial charge in [-0.2, -0.15) is 0 Å². The van der Waals surface area contributed by atoms with Gasteiger partial charge in [0.15, 0.2) is 0 Å². The first-order valence-corrected chi connectivity index (χ1v) is 6.52. The van der Waals surface area contributed by atoms with Gasteiger partial charge in [-0.25, -0.2) is 0 Å². The molecule has 0 aliphatic carbocycles. The Kier molecular flexibility index (Phi) is 15.4. The third kappa shape index (κ3) is 9.74. The Morgan fingerprint density at radius 1 is 1.35 bits per heavy atom. The van der Waals surface area contributed by atoms with Gasteiger partial charge in [-0.05, 0) is 6.92 Å². The molecule has 0 bridgehead atoms. The normalized spacial score (nSPS) is 16.7. The van der Waals surface area contributed by atoms with Crippen LogP contribution in [-0.2, 0) is 14.3 Å². The molecule has 1 aliphatic rings. The van der Waals surface area contributed by atoms with Crippen LogP contribution in [0.1, 0.15) is 6.92 Å². The van der Waals surface area contributed by atoms with E-state index in [1.165, 1.54) is 0 Å². The van der Waals surface area contributed by atoms with Gasteiger partial charge >= 0.3 is 0 Å². The highest BCUT2D eigenvalue weighted by Crippen LogP contribution is 2.02. The zero-order chi connectivity index (χ0) is 13.2. The molecule has 1 heterocycles. The van der Waals surface area contributed by atoms with Crippen LogP contribution in [0.3, 0.4) is 0 Å². The van der Waals surface area contributed by atoms with Crippen molar-refractivity contribution in [1.82, 2.24) is 15.5 Å². The first-order chi connectivity index (χ1) is 8.74. The maximum Gasteiger partial charge on any atom is 0.234 e. The van der Waals surface area contributed by atoms with Crippen molar-refractivity contribution in [2.24, 2.45) is 0 Å². The molecule has 6 nitrogen and oxygen atoms in total. The molecule has 1 fully saturated rings. The number of nitrogens with one attached hydrogen (secondary N) is 2. The maximum atomic E-state index is 11.5. The summed E-state index contributed by atoms with van der Waals surface area (Å²) in [6.07, 6.45) is 0. The molecule has 2 N–H and O–H groups in total. The molecule has 1 atom stereocenters. The molecule has 1 rings (SSSR count). The summed E-state index contributed by atoms with van der Waals surface area (Å²) in [6, 6.07) is 0.358. The summed E-state index contributed by atoms with van der Waals surface area (Å²) in [7, 11) is 1.64. The Bertz CT molecular complexity index is 242. The van der Waals surface area contributed by atoms with Crippen molar-refractivity contribution in [3.63, 3.8) is 0 Å². The summed E-state index contributed by atoms with van der Waals surface area (Å²) in [5.41, 5.74) is 0. The predicted octanol–water partition coefficient (Wildman–Crippen LogP) is -0.0971. The van der Waals surface area contributed by atoms with Crippen molar-refractivity contribution in [3.8, 4) is 0 Å². The number of carbonyl (C=O) groups is 1. The van der Waals surface area contributed by atoms with Gasteiger partial charge < -0.3 is 20.1 Å². The Morgan fingerprint density at radius 3 is 2.60 bits per heavy atom. The topological polar surface area (TPSA) is 62.8 Å². The molecule has 1 amide bonds. The van der Waals surface area contributed by atoms with E-state index in [4.69, 9.17) is 9.47 Å². The van der Waals surface area contributed by atoms with Crippen LogP contribution in [0.2, 0.25) is 0 Å². The molecule has 8 heteroatoms. The van der Waals surface area contributed by atoms with E-state index in [0.717, 1.165) is 26.3 Å². The summed E-state index contributed by atoms with van der Waals surface area (Å²) in [5.74, 6) is 0.0335. The third-order valence-corrected chi connectivity index (χ3v) is 3.03. The molecule has 1 unspecified atom stereocenters. The van der Waals surface area contributed by atoms with E-state index in [2.05, 4.69) is 22.5 Å².